The summed E-state index contributed by atoms with van der Waals surface area (Å²) >= 11 is 0. The lowest BCUT2D eigenvalue weighted by Crippen LogP contribution is -2.19. The van der Waals surface area contributed by atoms with E-state index in [0.29, 0.717) is 10.8 Å². The number of H-pyrrole nitrogens is 2. The molecule has 0 saturated heterocycles. The Labute approximate surface area is 85.3 Å². The molecule has 0 saturated carbocycles. The second-order valence-electron chi connectivity index (χ2n) is 3.53. The zero-order valence-corrected chi connectivity index (χ0v) is 8.50. The fourth-order valence-corrected chi connectivity index (χ4v) is 1.44. The maximum atomic E-state index is 11.5. The molecule has 0 atom stereocenters. The smallest absolute Gasteiger partial charge is 0.270 e. The van der Waals surface area contributed by atoms with E-state index in [4.69, 9.17) is 0 Å². The van der Waals surface area contributed by atoms with Crippen LogP contribution in [0, 0.1) is 0 Å². The molecule has 78 valence electrons. The average Bonchev–Trinajstić information content (AvgIpc) is 2.23. The van der Waals surface area contributed by atoms with E-state index in [-0.39, 0.29) is 11.1 Å². The van der Waals surface area contributed by atoms with Gasteiger partial charge in [0.2, 0.25) is 0 Å². The van der Waals surface area contributed by atoms with Crippen molar-refractivity contribution in [2.24, 2.45) is 0 Å². The highest BCUT2D eigenvalue weighted by Crippen LogP contribution is 2.14. The molecule has 5 heteroatoms. The van der Waals surface area contributed by atoms with Gasteiger partial charge in [0.15, 0.2) is 0 Å². The van der Waals surface area contributed by atoms with E-state index in [1.165, 1.54) is 0 Å². The van der Waals surface area contributed by atoms with E-state index in [0.717, 1.165) is 5.69 Å². The van der Waals surface area contributed by atoms with Crippen LogP contribution < -0.4 is 16.0 Å². The van der Waals surface area contributed by atoms with Crippen molar-refractivity contribution < 1.29 is 0 Å². The molecule has 0 unspecified atom stereocenters. The van der Waals surface area contributed by atoms with Crippen LogP contribution in [0.25, 0.3) is 10.8 Å². The molecule has 0 spiro atoms. The van der Waals surface area contributed by atoms with Gasteiger partial charge in [0.25, 0.3) is 11.1 Å². The van der Waals surface area contributed by atoms with Gasteiger partial charge in [-0.3, -0.25) is 19.8 Å². The summed E-state index contributed by atoms with van der Waals surface area (Å²) in [7, 11) is 3.76. The largest absolute Gasteiger partial charge is 0.378 e. The summed E-state index contributed by atoms with van der Waals surface area (Å²) in [5, 5.41) is 5.40. The molecule has 0 aliphatic carbocycles. The van der Waals surface area contributed by atoms with Crippen molar-refractivity contribution in [2.45, 2.75) is 0 Å². The number of fused-ring (bicyclic) bond motifs is 1. The Hall–Kier alpha value is -2.04. The summed E-state index contributed by atoms with van der Waals surface area (Å²) < 4.78 is 0. The van der Waals surface area contributed by atoms with Gasteiger partial charge in [0.05, 0.1) is 10.8 Å². The van der Waals surface area contributed by atoms with Gasteiger partial charge in [-0.25, -0.2) is 0 Å². The van der Waals surface area contributed by atoms with E-state index in [9.17, 15) is 9.59 Å². The van der Waals surface area contributed by atoms with Crippen LogP contribution in [-0.2, 0) is 0 Å². The second kappa shape index (κ2) is 3.27. The molecular formula is C10H11N3O2. The first-order valence-corrected chi connectivity index (χ1v) is 4.51. The van der Waals surface area contributed by atoms with Crippen LogP contribution in [0.3, 0.4) is 0 Å². The van der Waals surface area contributed by atoms with Crippen molar-refractivity contribution >= 4 is 16.5 Å². The molecule has 0 fully saturated rings. The topological polar surface area (TPSA) is 69.0 Å². The first-order valence-electron chi connectivity index (χ1n) is 4.51. The standard InChI is InChI=1S/C10H11N3O2/c1-13(2)6-3-4-7-8(5-6)10(15)12-11-9(7)14/h3-5H,1-2H3,(H,11,14)(H,12,15). The van der Waals surface area contributed by atoms with Crippen LogP contribution in [0.15, 0.2) is 27.8 Å². The summed E-state index contributed by atoms with van der Waals surface area (Å²) in [4.78, 5) is 24.7. The third-order valence-corrected chi connectivity index (χ3v) is 2.30. The number of nitrogens with zero attached hydrogens (tertiary/aromatic N) is 1. The Morgan fingerprint density at radius 2 is 1.60 bits per heavy atom. The van der Waals surface area contributed by atoms with Crippen LogP contribution >= 0.6 is 0 Å². The third kappa shape index (κ3) is 1.52. The minimum atomic E-state index is -0.284. The molecule has 2 N–H and O–H groups in total. The van der Waals surface area contributed by atoms with E-state index < -0.39 is 0 Å². The van der Waals surface area contributed by atoms with Gasteiger partial charge in [0, 0.05) is 19.8 Å². The van der Waals surface area contributed by atoms with Crippen molar-refractivity contribution in [1.82, 2.24) is 10.2 Å². The molecule has 1 aromatic heterocycles. The Balaban J connectivity index is 2.88. The lowest BCUT2D eigenvalue weighted by molar-refractivity contribution is 0.976. The van der Waals surface area contributed by atoms with Crippen LogP contribution in [-0.4, -0.2) is 24.3 Å². The normalized spacial score (nSPS) is 10.5. The van der Waals surface area contributed by atoms with Gasteiger partial charge in [-0.2, -0.15) is 0 Å². The zero-order chi connectivity index (χ0) is 11.0. The molecule has 5 nitrogen and oxygen atoms in total. The van der Waals surface area contributed by atoms with Crippen molar-refractivity contribution in [1.29, 1.82) is 0 Å². The highest BCUT2D eigenvalue weighted by Gasteiger charge is 2.04. The van der Waals surface area contributed by atoms with Crippen molar-refractivity contribution in [3.63, 3.8) is 0 Å². The maximum Gasteiger partial charge on any atom is 0.270 e. The fourth-order valence-electron chi connectivity index (χ4n) is 1.44. The zero-order valence-electron chi connectivity index (χ0n) is 8.50. The summed E-state index contributed by atoms with van der Waals surface area (Å²) in [6.07, 6.45) is 0. The molecule has 0 aliphatic rings. The number of hydrogen-bond acceptors (Lipinski definition) is 3. The lowest BCUT2D eigenvalue weighted by Gasteiger charge is -2.12. The predicted octanol–water partition coefficient (Wildman–Crippen LogP) is 0.282. The van der Waals surface area contributed by atoms with Crippen LogP contribution in [0.5, 0.6) is 0 Å². The monoisotopic (exact) mass is 205 g/mol. The SMILES string of the molecule is CN(C)c1ccc2c(=O)[nH][nH]c(=O)c2c1. The third-order valence-electron chi connectivity index (χ3n) is 2.30. The number of aromatic amines is 2. The van der Waals surface area contributed by atoms with Gasteiger partial charge in [-0.15, -0.1) is 0 Å². The minimum absolute atomic E-state index is 0.282. The number of benzene rings is 1. The number of nitrogens with one attached hydrogen (secondary N) is 2. The summed E-state index contributed by atoms with van der Waals surface area (Å²) in [5.74, 6) is 0. The summed E-state index contributed by atoms with van der Waals surface area (Å²) in [6, 6.07) is 5.15. The first-order chi connectivity index (χ1) is 7.09. The number of hydrogen-bond donors (Lipinski definition) is 2. The summed E-state index contributed by atoms with van der Waals surface area (Å²) in [6.45, 7) is 0. The second-order valence-corrected chi connectivity index (χ2v) is 3.53. The Kier molecular flexibility index (Phi) is 2.07. The van der Waals surface area contributed by atoms with Crippen LogP contribution in [0.2, 0.25) is 0 Å². The molecule has 0 bridgehead atoms. The molecule has 0 radical (unpaired) electrons. The number of rotatable bonds is 1. The molecule has 1 aromatic carbocycles. The molecule has 15 heavy (non-hydrogen) atoms. The van der Waals surface area contributed by atoms with E-state index in [1.54, 1.807) is 18.2 Å². The molecule has 2 aromatic rings. The fraction of sp³-hybridized carbons (Fsp3) is 0.200. The molecule has 2 rings (SSSR count). The lowest BCUT2D eigenvalue weighted by atomic mass is 10.1. The predicted molar refractivity (Wildman–Crippen MR) is 59.5 cm³/mol. The van der Waals surface area contributed by atoms with Crippen LogP contribution in [0.1, 0.15) is 0 Å². The Morgan fingerprint density at radius 3 is 2.20 bits per heavy atom. The van der Waals surface area contributed by atoms with E-state index >= 15 is 0 Å². The molecular weight excluding hydrogens is 194 g/mol. The molecule has 0 aliphatic heterocycles. The average molecular weight is 205 g/mol. The number of anilines is 1. The quantitative estimate of drug-likeness (QED) is 0.702. The molecule has 1 heterocycles. The van der Waals surface area contributed by atoms with E-state index in [2.05, 4.69) is 10.2 Å². The van der Waals surface area contributed by atoms with Crippen molar-refractivity contribution in [3.8, 4) is 0 Å². The van der Waals surface area contributed by atoms with Crippen LogP contribution in [0.4, 0.5) is 5.69 Å². The van der Waals surface area contributed by atoms with Crippen molar-refractivity contribution in [3.05, 3.63) is 38.9 Å². The van der Waals surface area contributed by atoms with Crippen molar-refractivity contribution in [2.75, 3.05) is 19.0 Å². The highest BCUT2D eigenvalue weighted by molar-refractivity contribution is 5.84. The van der Waals surface area contributed by atoms with E-state index in [1.807, 2.05) is 19.0 Å². The first kappa shape index (κ1) is 9.51. The van der Waals surface area contributed by atoms with Gasteiger partial charge in [0.1, 0.15) is 0 Å². The highest BCUT2D eigenvalue weighted by atomic mass is 16.1. The van der Waals surface area contributed by atoms with Gasteiger partial charge in [-0.05, 0) is 18.2 Å². The molecule has 0 amide bonds. The minimum Gasteiger partial charge on any atom is -0.378 e. The maximum absolute atomic E-state index is 11.5. The Morgan fingerprint density at radius 1 is 1.00 bits per heavy atom. The number of aromatic nitrogens is 2. The summed E-state index contributed by atoms with van der Waals surface area (Å²) in [5.41, 5.74) is 0.321. The van der Waals surface area contributed by atoms with Gasteiger partial charge in [-0.1, -0.05) is 0 Å². The van der Waals surface area contributed by atoms with Gasteiger partial charge >= 0.3 is 0 Å². The van der Waals surface area contributed by atoms with Gasteiger partial charge < -0.3 is 4.90 Å². The Bertz CT molecular complexity index is 610.